The van der Waals surface area contributed by atoms with Crippen LogP contribution in [0.15, 0.2) is 0 Å². The van der Waals surface area contributed by atoms with Gasteiger partial charge >= 0.3 is 0 Å². The molecule has 0 rings (SSSR count). The van der Waals surface area contributed by atoms with Gasteiger partial charge in [0.25, 0.3) is 5.92 Å². The number of hydrogen-bond donors (Lipinski definition) is 0. The van der Waals surface area contributed by atoms with Crippen molar-refractivity contribution >= 4 is 7.85 Å². The van der Waals surface area contributed by atoms with Gasteiger partial charge in [0, 0.05) is 0 Å². The molecule has 0 aliphatic carbocycles. The van der Waals surface area contributed by atoms with Crippen LogP contribution in [0.3, 0.4) is 0 Å². The topological polar surface area (TPSA) is 9.23 Å². The van der Waals surface area contributed by atoms with E-state index in [4.69, 9.17) is 4.74 Å². The van der Waals surface area contributed by atoms with Gasteiger partial charge in [-0.05, 0) is 19.7 Å². The van der Waals surface area contributed by atoms with E-state index in [2.05, 4.69) is 0 Å². The molecule has 1 unspecified atom stereocenters. The average Bonchev–Trinajstić information content (AvgIpc) is 1.84. The Bertz CT molecular complexity index is 115. The third-order valence-electron chi connectivity index (χ3n) is 1.45. The van der Waals surface area contributed by atoms with Gasteiger partial charge in [-0.25, -0.2) is 8.78 Å². The minimum atomic E-state index is -2.69. The van der Waals surface area contributed by atoms with E-state index in [1.807, 2.05) is 0 Å². The lowest BCUT2D eigenvalue weighted by Gasteiger charge is -2.21. The van der Waals surface area contributed by atoms with Crippen LogP contribution in [0.4, 0.5) is 8.78 Å². The van der Waals surface area contributed by atoms with Crippen molar-refractivity contribution in [2.24, 2.45) is 0 Å². The molecule has 0 fully saturated rings. The molecule has 0 bridgehead atoms. The maximum atomic E-state index is 12.8. The van der Waals surface area contributed by atoms with Crippen molar-refractivity contribution in [3.05, 3.63) is 0 Å². The summed E-state index contributed by atoms with van der Waals surface area (Å²) in [5, 5.41) is 0. The molecule has 11 heavy (non-hydrogen) atoms. The highest BCUT2D eigenvalue weighted by Gasteiger charge is 2.33. The molecule has 0 amide bonds. The van der Waals surface area contributed by atoms with E-state index in [1.165, 1.54) is 14.8 Å². The molecule has 0 aromatic heterocycles. The summed E-state index contributed by atoms with van der Waals surface area (Å²) in [5.74, 6) is -3.34. The van der Waals surface area contributed by atoms with Crippen LogP contribution in [-0.4, -0.2) is 26.5 Å². The van der Waals surface area contributed by atoms with Crippen LogP contribution in [0.25, 0.3) is 0 Å². The Morgan fingerprint density at radius 1 is 1.36 bits per heavy atom. The van der Waals surface area contributed by atoms with E-state index in [0.29, 0.717) is 0 Å². The predicted molar refractivity (Wildman–Crippen MR) is 44.0 cm³/mol. The fourth-order valence-electron chi connectivity index (χ4n) is 0.444. The minimum Gasteiger partial charge on any atom is -0.373 e. The zero-order valence-corrected chi connectivity index (χ0v) is 7.53. The molecule has 0 radical (unpaired) electrons. The largest absolute Gasteiger partial charge is 0.373 e. The summed E-state index contributed by atoms with van der Waals surface area (Å²) in [5.41, 5.74) is 0. The number of halogens is 2. The molecule has 0 spiro atoms. The minimum absolute atomic E-state index is 0.125. The van der Waals surface area contributed by atoms with Gasteiger partial charge in [0.15, 0.2) is 0 Å². The van der Waals surface area contributed by atoms with E-state index in [1.54, 1.807) is 13.8 Å². The Hall–Kier alpha value is -0.115. The molecule has 0 aromatic carbocycles. The molecule has 0 heterocycles. The molecule has 1 nitrogen and oxygen atoms in total. The van der Waals surface area contributed by atoms with Crippen LogP contribution in [-0.2, 0) is 4.74 Å². The first-order valence-corrected chi connectivity index (χ1v) is 3.85. The maximum absolute atomic E-state index is 12.8. The molecule has 1 atom stereocenters. The maximum Gasteiger partial charge on any atom is 0.266 e. The summed E-state index contributed by atoms with van der Waals surface area (Å²) in [4.78, 5) is 0. The molecule has 0 saturated heterocycles. The summed E-state index contributed by atoms with van der Waals surface area (Å²) in [6.07, 6.45) is -0.125. The normalized spacial score (nSPS) is 15.5. The molecular formula is C7H15BF2O. The van der Waals surface area contributed by atoms with E-state index in [9.17, 15) is 8.78 Å². The lowest BCUT2D eigenvalue weighted by molar-refractivity contribution is -0.0930. The first-order chi connectivity index (χ1) is 4.86. The van der Waals surface area contributed by atoms with Gasteiger partial charge < -0.3 is 4.74 Å². The van der Waals surface area contributed by atoms with Crippen molar-refractivity contribution < 1.29 is 13.5 Å². The van der Waals surface area contributed by atoms with Gasteiger partial charge in [0.2, 0.25) is 0 Å². The Morgan fingerprint density at radius 3 is 2.09 bits per heavy atom. The van der Waals surface area contributed by atoms with Gasteiger partial charge in [-0.1, -0.05) is 6.92 Å². The SMILES string of the molecule is BC(C)C(F)(F)COC(C)C. The number of hydrogen-bond acceptors (Lipinski definition) is 1. The smallest absolute Gasteiger partial charge is 0.266 e. The first kappa shape index (κ1) is 10.9. The second-order valence-electron chi connectivity index (χ2n) is 3.28. The van der Waals surface area contributed by atoms with Gasteiger partial charge in [-0.15, -0.1) is 0 Å². The van der Waals surface area contributed by atoms with E-state index in [-0.39, 0.29) is 6.10 Å². The van der Waals surface area contributed by atoms with Crippen LogP contribution in [0.5, 0.6) is 0 Å². The van der Waals surface area contributed by atoms with Crippen LogP contribution in [0, 0.1) is 0 Å². The molecular weight excluding hydrogens is 149 g/mol. The summed E-state index contributed by atoms with van der Waals surface area (Å²) in [6, 6.07) is 0. The Kier molecular flexibility index (Phi) is 4.01. The second-order valence-corrected chi connectivity index (χ2v) is 3.28. The molecule has 0 aromatic rings. The van der Waals surface area contributed by atoms with E-state index < -0.39 is 18.3 Å². The molecule has 66 valence electrons. The van der Waals surface area contributed by atoms with Crippen molar-refractivity contribution in [1.82, 2.24) is 0 Å². The Morgan fingerprint density at radius 2 is 1.82 bits per heavy atom. The van der Waals surface area contributed by atoms with Crippen LogP contribution in [0.2, 0.25) is 5.82 Å². The lowest BCUT2D eigenvalue weighted by Crippen LogP contribution is -2.29. The number of ether oxygens (including phenoxy) is 1. The first-order valence-electron chi connectivity index (χ1n) is 3.85. The fourth-order valence-corrected chi connectivity index (χ4v) is 0.444. The number of rotatable bonds is 4. The van der Waals surface area contributed by atoms with Crippen molar-refractivity contribution in [2.45, 2.75) is 38.6 Å². The molecule has 0 aliphatic rings. The van der Waals surface area contributed by atoms with Crippen molar-refractivity contribution in [3.8, 4) is 0 Å². The highest BCUT2D eigenvalue weighted by Crippen LogP contribution is 2.26. The van der Waals surface area contributed by atoms with Crippen molar-refractivity contribution in [2.75, 3.05) is 6.61 Å². The Balaban J connectivity index is 3.73. The van der Waals surface area contributed by atoms with Crippen LogP contribution in [0.1, 0.15) is 20.8 Å². The van der Waals surface area contributed by atoms with Crippen LogP contribution >= 0.6 is 0 Å². The summed E-state index contributed by atoms with van der Waals surface area (Å²) in [7, 11) is 1.49. The highest BCUT2D eigenvalue weighted by molar-refractivity contribution is 6.12. The van der Waals surface area contributed by atoms with Gasteiger partial charge in [0.1, 0.15) is 14.5 Å². The third-order valence-corrected chi connectivity index (χ3v) is 1.45. The Labute approximate surface area is 67.5 Å². The summed E-state index contributed by atoms with van der Waals surface area (Å²) >= 11 is 0. The predicted octanol–water partition coefficient (Wildman–Crippen LogP) is 1.49. The third kappa shape index (κ3) is 4.35. The van der Waals surface area contributed by atoms with Crippen LogP contribution < -0.4 is 0 Å². The molecule has 0 aliphatic heterocycles. The fraction of sp³-hybridized carbons (Fsp3) is 1.00. The second kappa shape index (κ2) is 4.05. The quantitative estimate of drug-likeness (QED) is 0.572. The zero-order valence-electron chi connectivity index (χ0n) is 7.53. The highest BCUT2D eigenvalue weighted by atomic mass is 19.3. The standard InChI is InChI=1S/C7H15BF2O/c1-5(2)11-4-7(9,10)6(3)8/h5-6H,4,8H2,1-3H3. The van der Waals surface area contributed by atoms with E-state index in [0.717, 1.165) is 0 Å². The lowest BCUT2D eigenvalue weighted by atomic mass is 9.84. The zero-order chi connectivity index (χ0) is 9.07. The van der Waals surface area contributed by atoms with Gasteiger partial charge in [-0.2, -0.15) is 0 Å². The average molecular weight is 164 g/mol. The van der Waals surface area contributed by atoms with Crippen molar-refractivity contribution in [1.29, 1.82) is 0 Å². The van der Waals surface area contributed by atoms with Gasteiger partial charge in [0.05, 0.1) is 6.10 Å². The summed E-state index contributed by atoms with van der Waals surface area (Å²) in [6.45, 7) is 4.51. The summed E-state index contributed by atoms with van der Waals surface area (Å²) < 4.78 is 30.4. The molecule has 4 heteroatoms. The molecule has 0 saturated carbocycles. The van der Waals surface area contributed by atoms with Gasteiger partial charge in [-0.3, -0.25) is 0 Å². The van der Waals surface area contributed by atoms with E-state index >= 15 is 0 Å². The van der Waals surface area contributed by atoms with Crippen molar-refractivity contribution in [3.63, 3.8) is 0 Å². The monoisotopic (exact) mass is 164 g/mol. The molecule has 0 N–H and O–H groups in total. The number of alkyl halides is 2.